The Morgan fingerprint density at radius 1 is 1.22 bits per heavy atom. The van der Waals surface area contributed by atoms with Gasteiger partial charge in [0.05, 0.1) is 19.3 Å². The van der Waals surface area contributed by atoms with E-state index in [1.54, 1.807) is 0 Å². The van der Waals surface area contributed by atoms with Gasteiger partial charge in [-0.05, 0) is 48.1 Å². The van der Waals surface area contributed by atoms with E-state index in [9.17, 15) is 4.79 Å². The van der Waals surface area contributed by atoms with Crippen LogP contribution in [-0.4, -0.2) is 19.2 Å². The summed E-state index contributed by atoms with van der Waals surface area (Å²) in [6, 6.07) is 8.03. The quantitative estimate of drug-likeness (QED) is 0.842. The zero-order valence-corrected chi connectivity index (χ0v) is 13.3. The molecule has 4 unspecified atom stereocenters. The second-order valence-corrected chi connectivity index (χ2v) is 7.00. The van der Waals surface area contributed by atoms with Gasteiger partial charge in [-0.1, -0.05) is 36.4 Å². The van der Waals surface area contributed by atoms with Gasteiger partial charge in [0.1, 0.15) is 0 Å². The van der Waals surface area contributed by atoms with Gasteiger partial charge in [0.2, 0.25) is 0 Å². The fourth-order valence-electron chi connectivity index (χ4n) is 4.22. The summed E-state index contributed by atoms with van der Waals surface area (Å²) in [4.78, 5) is 12.3. The summed E-state index contributed by atoms with van der Waals surface area (Å²) in [6.45, 7) is 1.95. The van der Waals surface area contributed by atoms with E-state index >= 15 is 0 Å². The maximum Gasteiger partial charge on any atom is 0.315 e. The third-order valence-corrected chi connectivity index (χ3v) is 5.51. The van der Waals surface area contributed by atoms with Crippen molar-refractivity contribution < 1.29 is 9.53 Å². The Labute approximate surface area is 137 Å². The van der Waals surface area contributed by atoms with Crippen molar-refractivity contribution in [3.8, 4) is 0 Å². The molecule has 122 valence electrons. The third kappa shape index (κ3) is 3.13. The number of carbonyl (C=O) groups excluding carboxylic acids is 1. The highest BCUT2D eigenvalue weighted by Gasteiger charge is 2.32. The molecule has 4 aliphatic rings. The van der Waals surface area contributed by atoms with Crippen LogP contribution in [-0.2, 0) is 11.3 Å². The Morgan fingerprint density at radius 3 is 2.91 bits per heavy atom. The lowest BCUT2D eigenvalue weighted by molar-refractivity contribution is 0.0842. The average molecular weight is 312 g/mol. The third-order valence-electron chi connectivity index (χ3n) is 5.51. The maximum atomic E-state index is 12.3. The van der Waals surface area contributed by atoms with Crippen molar-refractivity contribution in [3.05, 3.63) is 47.5 Å². The SMILES string of the molecule is O=C(NCC1CC2C=CC1CC2)NC1COCc2ccccc21. The van der Waals surface area contributed by atoms with Crippen molar-refractivity contribution in [2.24, 2.45) is 17.8 Å². The molecule has 1 aromatic rings. The van der Waals surface area contributed by atoms with Gasteiger partial charge in [-0.15, -0.1) is 0 Å². The number of carbonyl (C=O) groups is 1. The first-order chi connectivity index (χ1) is 11.3. The molecule has 5 rings (SSSR count). The summed E-state index contributed by atoms with van der Waals surface area (Å²) in [6.07, 6.45) is 8.53. The number of fused-ring (bicyclic) bond motifs is 3. The number of rotatable bonds is 3. The minimum atomic E-state index is -0.0827. The van der Waals surface area contributed by atoms with Crippen molar-refractivity contribution in [2.45, 2.75) is 31.9 Å². The standard InChI is InChI=1S/C19H24N2O2/c22-19(20-10-16-9-13-5-7-14(16)8-6-13)21-18-12-23-11-15-3-1-2-4-17(15)18/h1-5,7,13-14,16,18H,6,8-12H2,(H2,20,21,22). The Bertz CT molecular complexity index is 613. The van der Waals surface area contributed by atoms with Crippen molar-refractivity contribution in [2.75, 3.05) is 13.2 Å². The monoisotopic (exact) mass is 312 g/mol. The fraction of sp³-hybridized carbons (Fsp3) is 0.526. The highest BCUT2D eigenvalue weighted by atomic mass is 16.5. The van der Waals surface area contributed by atoms with Crippen LogP contribution in [0.15, 0.2) is 36.4 Å². The van der Waals surface area contributed by atoms with Crippen molar-refractivity contribution in [1.29, 1.82) is 0 Å². The van der Waals surface area contributed by atoms with Crippen molar-refractivity contribution in [3.63, 3.8) is 0 Å². The van der Waals surface area contributed by atoms with Gasteiger partial charge in [0.15, 0.2) is 0 Å². The topological polar surface area (TPSA) is 50.4 Å². The summed E-state index contributed by atoms with van der Waals surface area (Å²) in [5.41, 5.74) is 2.34. The molecule has 0 aromatic heterocycles. The summed E-state index contributed by atoms with van der Waals surface area (Å²) in [7, 11) is 0. The van der Waals surface area contributed by atoms with Crippen LogP contribution in [0.2, 0.25) is 0 Å². The summed E-state index contributed by atoms with van der Waals surface area (Å²) < 4.78 is 5.59. The Balaban J connectivity index is 1.32. The molecule has 23 heavy (non-hydrogen) atoms. The average Bonchev–Trinajstić information content (AvgIpc) is 2.61. The molecule has 1 aliphatic heterocycles. The normalized spacial score (nSPS) is 31.5. The van der Waals surface area contributed by atoms with E-state index < -0.39 is 0 Å². The number of urea groups is 1. The molecule has 1 fully saturated rings. The lowest BCUT2D eigenvalue weighted by Gasteiger charge is -2.38. The molecule has 0 spiro atoms. The van der Waals surface area contributed by atoms with Crippen LogP contribution in [0.5, 0.6) is 0 Å². The van der Waals surface area contributed by atoms with Gasteiger partial charge >= 0.3 is 6.03 Å². The Morgan fingerprint density at radius 2 is 2.13 bits per heavy atom. The minimum Gasteiger partial charge on any atom is -0.374 e. The number of amides is 2. The number of allylic oxidation sites excluding steroid dienone is 2. The van der Waals surface area contributed by atoms with E-state index in [4.69, 9.17) is 4.74 Å². The van der Waals surface area contributed by atoms with Gasteiger partial charge in [-0.3, -0.25) is 0 Å². The van der Waals surface area contributed by atoms with Gasteiger partial charge in [-0.2, -0.15) is 0 Å². The van der Waals surface area contributed by atoms with Gasteiger partial charge in [0.25, 0.3) is 0 Å². The van der Waals surface area contributed by atoms with Gasteiger partial charge in [-0.25, -0.2) is 4.79 Å². The molecule has 4 atom stereocenters. The number of ether oxygens (including phenoxy) is 1. The summed E-state index contributed by atoms with van der Waals surface area (Å²) >= 11 is 0. The van der Waals surface area contributed by atoms with Crippen LogP contribution < -0.4 is 10.6 Å². The minimum absolute atomic E-state index is 0.0531. The second kappa shape index (κ2) is 6.36. The molecule has 0 saturated heterocycles. The first-order valence-electron chi connectivity index (χ1n) is 8.68. The molecule has 2 bridgehead atoms. The predicted octanol–water partition coefficient (Wildman–Crippen LogP) is 3.16. The first kappa shape index (κ1) is 14.8. The lowest BCUT2D eigenvalue weighted by atomic mass is 9.69. The molecular formula is C19H24N2O2. The maximum absolute atomic E-state index is 12.3. The van der Waals surface area contributed by atoms with Crippen molar-refractivity contribution in [1.82, 2.24) is 10.6 Å². The summed E-state index contributed by atoms with van der Waals surface area (Å²) in [5.74, 6) is 1.98. The zero-order valence-electron chi connectivity index (χ0n) is 13.3. The van der Waals surface area contributed by atoms with Crippen LogP contribution in [0, 0.1) is 17.8 Å². The largest absolute Gasteiger partial charge is 0.374 e. The Hall–Kier alpha value is -1.81. The van der Waals surface area contributed by atoms with Gasteiger partial charge < -0.3 is 15.4 Å². The van der Waals surface area contributed by atoms with Crippen LogP contribution >= 0.6 is 0 Å². The molecular weight excluding hydrogens is 288 g/mol. The van der Waals surface area contributed by atoms with E-state index in [2.05, 4.69) is 34.9 Å². The van der Waals surface area contributed by atoms with Gasteiger partial charge in [0, 0.05) is 6.54 Å². The second-order valence-electron chi connectivity index (χ2n) is 7.00. The van der Waals surface area contributed by atoms with Crippen LogP contribution in [0.3, 0.4) is 0 Å². The molecule has 1 heterocycles. The molecule has 2 amide bonds. The van der Waals surface area contributed by atoms with E-state index in [1.165, 1.54) is 30.4 Å². The molecule has 1 aromatic carbocycles. The molecule has 4 nitrogen and oxygen atoms in total. The van der Waals surface area contributed by atoms with Crippen LogP contribution in [0.4, 0.5) is 4.79 Å². The smallest absolute Gasteiger partial charge is 0.315 e. The molecule has 4 heteroatoms. The van der Waals surface area contributed by atoms with Crippen molar-refractivity contribution >= 4 is 6.03 Å². The highest BCUT2D eigenvalue weighted by molar-refractivity contribution is 5.74. The van der Waals surface area contributed by atoms with Crippen LogP contribution in [0.25, 0.3) is 0 Å². The number of nitrogens with one attached hydrogen (secondary N) is 2. The van der Waals surface area contributed by atoms with E-state index in [1.807, 2.05) is 12.1 Å². The fourth-order valence-corrected chi connectivity index (χ4v) is 4.22. The summed E-state index contributed by atoms with van der Waals surface area (Å²) in [5, 5.41) is 6.14. The predicted molar refractivity (Wildman–Crippen MR) is 88.8 cm³/mol. The number of hydrogen-bond acceptors (Lipinski definition) is 2. The first-order valence-corrected chi connectivity index (χ1v) is 8.68. The number of benzene rings is 1. The Kier molecular flexibility index (Phi) is 4.08. The molecule has 1 saturated carbocycles. The zero-order chi connectivity index (χ0) is 15.6. The molecule has 3 aliphatic carbocycles. The number of hydrogen-bond donors (Lipinski definition) is 2. The highest BCUT2D eigenvalue weighted by Crippen LogP contribution is 2.39. The van der Waals surface area contributed by atoms with E-state index in [0.717, 1.165) is 12.5 Å². The van der Waals surface area contributed by atoms with E-state index in [0.29, 0.717) is 25.0 Å². The lowest BCUT2D eigenvalue weighted by Crippen LogP contribution is -2.44. The molecule has 2 N–H and O–H groups in total. The molecule has 0 radical (unpaired) electrons. The van der Waals surface area contributed by atoms with E-state index in [-0.39, 0.29) is 12.1 Å². The van der Waals surface area contributed by atoms with Crippen LogP contribution in [0.1, 0.15) is 36.4 Å².